The fourth-order valence-corrected chi connectivity index (χ4v) is 2.79. The van der Waals surface area contributed by atoms with Crippen molar-refractivity contribution in [1.82, 2.24) is 4.98 Å². The molecule has 1 N–H and O–H groups in total. The van der Waals surface area contributed by atoms with Gasteiger partial charge in [-0.15, -0.1) is 0 Å². The minimum Gasteiger partial charge on any atom is -0.490 e. The predicted octanol–water partition coefficient (Wildman–Crippen LogP) is 3.31. The van der Waals surface area contributed by atoms with E-state index < -0.39 is 11.5 Å². The van der Waals surface area contributed by atoms with Gasteiger partial charge in [0.15, 0.2) is 11.5 Å². The number of nitriles is 1. The first-order valence-electron chi connectivity index (χ1n) is 7.16. The van der Waals surface area contributed by atoms with E-state index in [-0.39, 0.29) is 11.3 Å². The highest BCUT2D eigenvalue weighted by Crippen LogP contribution is 2.39. The molecule has 0 saturated carbocycles. The third-order valence-corrected chi connectivity index (χ3v) is 3.81. The van der Waals surface area contributed by atoms with Gasteiger partial charge in [0.05, 0.1) is 6.61 Å². The van der Waals surface area contributed by atoms with Crippen molar-refractivity contribution < 1.29 is 14.3 Å². The summed E-state index contributed by atoms with van der Waals surface area (Å²) >= 11 is 3.40. The first kappa shape index (κ1) is 17.8. The Morgan fingerprint density at radius 2 is 2.00 bits per heavy atom. The molecule has 24 heavy (non-hydrogen) atoms. The topological polar surface area (TPSA) is 92.2 Å². The largest absolute Gasteiger partial charge is 0.490 e. The van der Waals surface area contributed by atoms with E-state index in [2.05, 4.69) is 20.9 Å². The van der Waals surface area contributed by atoms with Crippen LogP contribution in [-0.4, -0.2) is 17.6 Å². The summed E-state index contributed by atoms with van der Waals surface area (Å²) < 4.78 is 11.2. The van der Waals surface area contributed by atoms with E-state index >= 15 is 0 Å². The first-order chi connectivity index (χ1) is 11.4. The van der Waals surface area contributed by atoms with Gasteiger partial charge in [-0.25, -0.2) is 0 Å². The van der Waals surface area contributed by atoms with Gasteiger partial charge in [-0.2, -0.15) is 5.26 Å². The lowest BCUT2D eigenvalue weighted by Crippen LogP contribution is -2.13. The van der Waals surface area contributed by atoms with E-state index in [0.717, 1.165) is 0 Å². The molecular formula is C17H15BrN2O4. The number of pyridine rings is 1. The molecule has 0 fully saturated rings. The molecule has 1 heterocycles. The number of hydrogen-bond acceptors (Lipinski definition) is 5. The van der Waals surface area contributed by atoms with E-state index in [1.54, 1.807) is 32.0 Å². The van der Waals surface area contributed by atoms with Crippen LogP contribution in [0.3, 0.4) is 0 Å². The number of aromatic amines is 1. The van der Waals surface area contributed by atoms with Crippen molar-refractivity contribution in [2.75, 3.05) is 6.61 Å². The maximum absolute atomic E-state index is 12.0. The molecule has 1 aromatic heterocycles. The lowest BCUT2D eigenvalue weighted by molar-refractivity contribution is -0.132. The van der Waals surface area contributed by atoms with Crippen molar-refractivity contribution in [1.29, 1.82) is 5.26 Å². The Morgan fingerprint density at radius 3 is 2.58 bits per heavy atom. The highest BCUT2D eigenvalue weighted by atomic mass is 79.9. The molecule has 0 aliphatic carbocycles. The lowest BCUT2D eigenvalue weighted by Gasteiger charge is -2.14. The SMILES string of the molecule is CCOc1cc(-c2cc(C)[nH]c(=O)c2C#N)c(Br)cc1OC(C)=O. The van der Waals surface area contributed by atoms with E-state index in [9.17, 15) is 14.9 Å². The van der Waals surface area contributed by atoms with Crippen molar-refractivity contribution in [2.24, 2.45) is 0 Å². The molecule has 7 heteroatoms. The number of rotatable bonds is 4. The van der Waals surface area contributed by atoms with Crippen LogP contribution in [-0.2, 0) is 4.79 Å². The highest BCUT2D eigenvalue weighted by molar-refractivity contribution is 9.10. The summed E-state index contributed by atoms with van der Waals surface area (Å²) in [4.78, 5) is 25.9. The normalized spacial score (nSPS) is 10.1. The van der Waals surface area contributed by atoms with Crippen molar-refractivity contribution in [3.8, 4) is 28.7 Å². The number of aromatic nitrogens is 1. The standard InChI is InChI=1S/C17H15BrN2O4/c1-4-23-15-6-12(14(18)7-16(15)24-10(3)21)11-5-9(2)20-17(22)13(11)8-19/h5-7H,4H2,1-3H3,(H,20,22). The van der Waals surface area contributed by atoms with Crippen LogP contribution >= 0.6 is 15.9 Å². The van der Waals surface area contributed by atoms with Crippen LogP contribution in [0.4, 0.5) is 0 Å². The smallest absolute Gasteiger partial charge is 0.308 e. The van der Waals surface area contributed by atoms with Crippen LogP contribution in [0.15, 0.2) is 27.5 Å². The Kier molecular flexibility index (Phi) is 5.42. The molecule has 6 nitrogen and oxygen atoms in total. The van der Waals surface area contributed by atoms with Gasteiger partial charge in [-0.05, 0) is 32.0 Å². The third-order valence-electron chi connectivity index (χ3n) is 3.16. The van der Waals surface area contributed by atoms with Crippen molar-refractivity contribution in [2.45, 2.75) is 20.8 Å². The summed E-state index contributed by atoms with van der Waals surface area (Å²) in [5.74, 6) is 0.146. The van der Waals surface area contributed by atoms with E-state index in [0.29, 0.717) is 33.6 Å². The molecule has 0 radical (unpaired) electrons. The van der Waals surface area contributed by atoms with E-state index in [1.807, 2.05) is 6.07 Å². The number of halogens is 1. The van der Waals surface area contributed by atoms with Gasteiger partial charge >= 0.3 is 5.97 Å². The van der Waals surface area contributed by atoms with Gasteiger partial charge in [0.25, 0.3) is 5.56 Å². The number of carbonyl (C=O) groups excluding carboxylic acids is 1. The molecule has 0 aliphatic rings. The van der Waals surface area contributed by atoms with Crippen molar-refractivity contribution >= 4 is 21.9 Å². The number of aryl methyl sites for hydroxylation is 1. The molecule has 124 valence electrons. The summed E-state index contributed by atoms with van der Waals surface area (Å²) in [6, 6.07) is 6.86. The molecule has 1 aromatic carbocycles. The van der Waals surface area contributed by atoms with Crippen LogP contribution in [0.2, 0.25) is 0 Å². The molecule has 0 saturated heterocycles. The number of benzene rings is 1. The second kappa shape index (κ2) is 7.32. The van der Waals surface area contributed by atoms with Crippen LogP contribution < -0.4 is 15.0 Å². The number of H-pyrrole nitrogens is 1. The van der Waals surface area contributed by atoms with Gasteiger partial charge in [0, 0.05) is 28.2 Å². The summed E-state index contributed by atoms with van der Waals surface area (Å²) in [6.07, 6.45) is 0. The number of ether oxygens (including phenoxy) is 2. The van der Waals surface area contributed by atoms with Gasteiger partial charge in [0.2, 0.25) is 0 Å². The molecule has 0 bridgehead atoms. The van der Waals surface area contributed by atoms with Gasteiger partial charge in [0.1, 0.15) is 11.6 Å². The molecule has 0 spiro atoms. The van der Waals surface area contributed by atoms with Gasteiger partial charge in [-0.1, -0.05) is 15.9 Å². The number of hydrogen-bond donors (Lipinski definition) is 1. The molecule has 0 unspecified atom stereocenters. The average Bonchev–Trinajstić information content (AvgIpc) is 2.48. The van der Waals surface area contributed by atoms with E-state index in [4.69, 9.17) is 9.47 Å². The number of nitrogens with zero attached hydrogens (tertiary/aromatic N) is 1. The maximum atomic E-state index is 12.0. The van der Waals surface area contributed by atoms with Crippen LogP contribution in [0, 0.1) is 18.3 Å². The Labute approximate surface area is 147 Å². The maximum Gasteiger partial charge on any atom is 0.308 e. The summed E-state index contributed by atoms with van der Waals surface area (Å²) in [5.41, 5.74) is 1.24. The molecule has 0 atom stereocenters. The number of nitrogens with one attached hydrogen (secondary N) is 1. The summed E-state index contributed by atoms with van der Waals surface area (Å²) in [7, 11) is 0. The summed E-state index contributed by atoms with van der Waals surface area (Å²) in [5, 5.41) is 9.30. The first-order valence-corrected chi connectivity index (χ1v) is 7.95. The molecule has 2 aromatic rings. The molecular weight excluding hydrogens is 376 g/mol. The van der Waals surface area contributed by atoms with Gasteiger partial charge in [-0.3, -0.25) is 9.59 Å². The van der Waals surface area contributed by atoms with Crippen LogP contribution in [0.25, 0.3) is 11.1 Å². The summed E-state index contributed by atoms with van der Waals surface area (Å²) in [6.45, 7) is 5.20. The zero-order valence-corrected chi connectivity index (χ0v) is 15.0. The fraction of sp³-hybridized carbons (Fsp3) is 0.235. The average molecular weight is 391 g/mol. The zero-order chi connectivity index (χ0) is 17.9. The third kappa shape index (κ3) is 3.66. The Hall–Kier alpha value is -2.59. The molecule has 0 aliphatic heterocycles. The van der Waals surface area contributed by atoms with E-state index in [1.165, 1.54) is 6.92 Å². The minimum atomic E-state index is -0.472. The zero-order valence-electron chi connectivity index (χ0n) is 13.4. The Balaban J connectivity index is 2.72. The number of carbonyl (C=O) groups is 1. The van der Waals surface area contributed by atoms with Gasteiger partial charge < -0.3 is 14.5 Å². The monoisotopic (exact) mass is 390 g/mol. The van der Waals surface area contributed by atoms with Crippen LogP contribution in [0.5, 0.6) is 11.5 Å². The fourth-order valence-electron chi connectivity index (χ4n) is 2.26. The molecule has 0 amide bonds. The highest BCUT2D eigenvalue weighted by Gasteiger charge is 2.18. The second-order valence-electron chi connectivity index (χ2n) is 4.99. The quantitative estimate of drug-likeness (QED) is 0.638. The minimum absolute atomic E-state index is 0.00369. The van der Waals surface area contributed by atoms with Crippen LogP contribution in [0.1, 0.15) is 25.1 Å². The Bertz CT molecular complexity index is 897. The molecule has 2 rings (SSSR count). The van der Waals surface area contributed by atoms with Crippen molar-refractivity contribution in [3.05, 3.63) is 44.3 Å². The number of esters is 1. The Morgan fingerprint density at radius 1 is 1.29 bits per heavy atom. The predicted molar refractivity (Wildman–Crippen MR) is 92.1 cm³/mol. The lowest BCUT2D eigenvalue weighted by atomic mass is 10.0. The second-order valence-corrected chi connectivity index (χ2v) is 5.84. The van der Waals surface area contributed by atoms with Crippen molar-refractivity contribution in [3.63, 3.8) is 0 Å².